The maximum Gasteiger partial charge on any atom is -1.00 e. The molecule has 0 unspecified atom stereocenters. The zero-order chi connectivity index (χ0) is 5.98. The first-order valence-electron chi connectivity index (χ1n) is 2.62. The van der Waals surface area contributed by atoms with Crippen molar-refractivity contribution in [3.63, 3.8) is 0 Å². The van der Waals surface area contributed by atoms with E-state index >= 15 is 0 Å². The Bertz CT molecular complexity index is 168. The minimum absolute atomic E-state index is 0. The summed E-state index contributed by atoms with van der Waals surface area (Å²) in [5, 5.41) is 0. The Hall–Kier alpha value is -0.248. The van der Waals surface area contributed by atoms with E-state index in [1.165, 1.54) is 9.99 Å². The van der Waals surface area contributed by atoms with Gasteiger partial charge in [0.25, 0.3) is 0 Å². The second-order valence-corrected chi connectivity index (χ2v) is 2.48. The maximum atomic E-state index is 2.69. The molecule has 0 aromatic heterocycles. The van der Waals surface area contributed by atoms with Crippen LogP contribution in [-0.2, 0) is 0 Å². The summed E-state index contributed by atoms with van der Waals surface area (Å²) in [7, 11) is 0. The molecule has 0 heterocycles. The van der Waals surface area contributed by atoms with Crippen molar-refractivity contribution >= 4 is 20.7 Å². The van der Waals surface area contributed by atoms with Crippen molar-refractivity contribution in [2.75, 3.05) is 0 Å². The third-order valence-electron chi connectivity index (χ3n) is 1.19. The molecule has 0 saturated carbocycles. The molecule has 0 amide bonds. The molecule has 0 nitrogen and oxygen atoms in total. The van der Waals surface area contributed by atoms with E-state index in [2.05, 4.69) is 35.3 Å². The maximum absolute atomic E-state index is 2.69. The second kappa shape index (κ2) is 2.35. The Balaban J connectivity index is 0. The van der Waals surface area contributed by atoms with Crippen LogP contribution in [-0.4, -0.2) is 16.3 Å². The number of benzene rings is 1. The zero-order valence-electron chi connectivity index (χ0n) is 6.89. The summed E-state index contributed by atoms with van der Waals surface area (Å²) < 4.78 is 1.28. The predicted octanol–water partition coefficient (Wildman–Crippen LogP) is 1.01. The molecular formula is C7H9Al. The summed E-state index contributed by atoms with van der Waals surface area (Å²) in [6.07, 6.45) is 0. The predicted molar refractivity (Wildman–Crippen MR) is 38.8 cm³/mol. The van der Waals surface area contributed by atoms with Gasteiger partial charge in [0.05, 0.1) is 0 Å². The number of hydrogen-bond donors (Lipinski definition) is 0. The molecule has 1 heteroatoms. The summed E-state index contributed by atoms with van der Waals surface area (Å²) >= 11 is 2.69. The largest absolute Gasteiger partial charge is 1.00 e. The van der Waals surface area contributed by atoms with Crippen LogP contribution >= 0.6 is 0 Å². The van der Waals surface area contributed by atoms with Gasteiger partial charge in [0.2, 0.25) is 0 Å². The van der Waals surface area contributed by atoms with E-state index in [-0.39, 0.29) is 2.85 Å². The molecule has 0 atom stereocenters. The van der Waals surface area contributed by atoms with E-state index in [4.69, 9.17) is 0 Å². The van der Waals surface area contributed by atoms with Crippen molar-refractivity contribution in [2.45, 2.75) is 6.92 Å². The van der Waals surface area contributed by atoms with Gasteiger partial charge < -0.3 is 2.85 Å². The minimum Gasteiger partial charge on any atom is -1.00 e. The smallest absolute Gasteiger partial charge is 1.00 e. The third kappa shape index (κ3) is 1.12. The second-order valence-electron chi connectivity index (χ2n) is 1.86. The number of aryl methyl sites for hydroxylation is 1. The molecule has 0 N–H and O–H groups in total. The van der Waals surface area contributed by atoms with Crippen LogP contribution in [0.25, 0.3) is 0 Å². The fourth-order valence-electron chi connectivity index (χ4n) is 0.587. The molecular weight excluding hydrogens is 111 g/mol. The van der Waals surface area contributed by atoms with Crippen LogP contribution in [0.3, 0.4) is 0 Å². The van der Waals surface area contributed by atoms with Crippen LogP contribution in [0.4, 0.5) is 0 Å². The van der Waals surface area contributed by atoms with Crippen molar-refractivity contribution in [3.8, 4) is 0 Å². The van der Waals surface area contributed by atoms with E-state index in [0.717, 1.165) is 0 Å². The van der Waals surface area contributed by atoms with Gasteiger partial charge in [-0.15, -0.1) is 0 Å². The Morgan fingerprint density at radius 1 is 1.38 bits per heavy atom. The molecule has 1 aromatic rings. The molecule has 1 rings (SSSR count). The van der Waals surface area contributed by atoms with Crippen LogP contribution in [0.15, 0.2) is 24.3 Å². The molecule has 8 heavy (non-hydrogen) atoms. The average molecular weight is 120 g/mol. The van der Waals surface area contributed by atoms with E-state index in [1.807, 2.05) is 12.1 Å². The average Bonchev–Trinajstić information content (AvgIpc) is 1.77. The first kappa shape index (κ1) is 5.88. The molecule has 1 aromatic carbocycles. The molecule has 40 valence electrons. The first-order chi connectivity index (χ1) is 3.80. The monoisotopic (exact) mass is 120 g/mol. The summed E-state index contributed by atoms with van der Waals surface area (Å²) in [4.78, 5) is 0. The van der Waals surface area contributed by atoms with Crippen molar-refractivity contribution < 1.29 is 2.85 Å². The van der Waals surface area contributed by atoms with Gasteiger partial charge in [-0.25, -0.2) is 0 Å². The Morgan fingerprint density at radius 3 is 2.38 bits per heavy atom. The first-order valence-corrected chi connectivity index (χ1v) is 3.19. The van der Waals surface area contributed by atoms with Crippen LogP contribution in [0.5, 0.6) is 0 Å². The zero-order valence-corrected chi connectivity index (χ0v) is 6.04. The molecule has 0 saturated heterocycles. The van der Waals surface area contributed by atoms with Gasteiger partial charge in [0.15, 0.2) is 0 Å². The fraction of sp³-hybridized carbons (Fsp3) is 0.143. The van der Waals surface area contributed by atoms with Gasteiger partial charge in [-0.05, 0) is 0 Å². The molecule has 0 aliphatic carbocycles. The van der Waals surface area contributed by atoms with E-state index in [1.54, 1.807) is 0 Å². The van der Waals surface area contributed by atoms with Crippen LogP contribution in [0.2, 0.25) is 0 Å². The summed E-state index contributed by atoms with van der Waals surface area (Å²) in [5.41, 5.74) is 1.33. The van der Waals surface area contributed by atoms with Crippen molar-refractivity contribution in [1.29, 1.82) is 0 Å². The Morgan fingerprint density at radius 2 is 2.00 bits per heavy atom. The standard InChI is InChI=1S/C7H7.Al.2H/c1-7-5-3-2-4-6-7;;;/h2-5H,1H3;;;/q;+2;2*-1. The van der Waals surface area contributed by atoms with Crippen molar-refractivity contribution in [3.05, 3.63) is 29.8 Å². The van der Waals surface area contributed by atoms with E-state index in [9.17, 15) is 0 Å². The van der Waals surface area contributed by atoms with Gasteiger partial charge in [0, 0.05) is 0 Å². The van der Waals surface area contributed by atoms with Crippen LogP contribution < -0.4 is 4.43 Å². The normalized spacial score (nSPS) is 9.38. The van der Waals surface area contributed by atoms with Gasteiger partial charge in [0.1, 0.15) is 0 Å². The van der Waals surface area contributed by atoms with E-state index < -0.39 is 0 Å². The van der Waals surface area contributed by atoms with E-state index in [0.29, 0.717) is 0 Å². The fourth-order valence-corrected chi connectivity index (χ4v) is 0.794. The molecule has 0 aliphatic heterocycles. The van der Waals surface area contributed by atoms with Gasteiger partial charge >= 0.3 is 57.5 Å². The molecule has 0 aliphatic rings. The summed E-state index contributed by atoms with van der Waals surface area (Å²) in [5.74, 6) is 0. The van der Waals surface area contributed by atoms with Gasteiger partial charge in [-0.2, -0.15) is 0 Å². The molecule has 0 bridgehead atoms. The number of rotatable bonds is 0. The number of hydrogen-bond acceptors (Lipinski definition) is 0. The Kier molecular flexibility index (Phi) is 1.73. The van der Waals surface area contributed by atoms with Crippen molar-refractivity contribution in [2.24, 2.45) is 0 Å². The SMILES string of the molecule is Cc1cccc[c]1[Al+2].[H-].[H-]. The molecule has 0 radical (unpaired) electrons. The molecule has 0 spiro atoms. The molecule has 0 fully saturated rings. The van der Waals surface area contributed by atoms with Crippen LogP contribution in [0, 0.1) is 6.92 Å². The summed E-state index contributed by atoms with van der Waals surface area (Å²) in [6, 6.07) is 8.26. The van der Waals surface area contributed by atoms with Gasteiger partial charge in [-0.3, -0.25) is 0 Å². The quantitative estimate of drug-likeness (QED) is 0.448. The third-order valence-corrected chi connectivity index (χ3v) is 1.84. The van der Waals surface area contributed by atoms with Gasteiger partial charge in [-0.1, -0.05) is 0 Å². The minimum atomic E-state index is 0. The topological polar surface area (TPSA) is 0 Å². The van der Waals surface area contributed by atoms with Crippen molar-refractivity contribution in [1.82, 2.24) is 0 Å². The van der Waals surface area contributed by atoms with Crippen LogP contribution in [0.1, 0.15) is 8.42 Å². The Labute approximate surface area is 60.9 Å². The summed E-state index contributed by atoms with van der Waals surface area (Å²) in [6.45, 7) is 2.10.